The third kappa shape index (κ3) is 2.94. The summed E-state index contributed by atoms with van der Waals surface area (Å²) >= 11 is 0. The summed E-state index contributed by atoms with van der Waals surface area (Å²) in [6.45, 7) is 3.81. The van der Waals surface area contributed by atoms with Crippen LogP contribution in [-0.4, -0.2) is 23.9 Å². The van der Waals surface area contributed by atoms with Crippen molar-refractivity contribution >= 4 is 11.6 Å². The van der Waals surface area contributed by atoms with Crippen LogP contribution in [0.1, 0.15) is 30.3 Å². The van der Waals surface area contributed by atoms with Crippen LogP contribution in [0.25, 0.3) is 11.3 Å². The molecule has 0 radical (unpaired) electrons. The molecule has 1 fully saturated rings. The van der Waals surface area contributed by atoms with E-state index in [2.05, 4.69) is 6.92 Å². The molecule has 4 heteroatoms. The molecule has 4 nitrogen and oxygen atoms in total. The second-order valence-electron chi connectivity index (χ2n) is 5.79. The van der Waals surface area contributed by atoms with Gasteiger partial charge in [-0.2, -0.15) is 0 Å². The molecule has 0 unspecified atom stereocenters. The standard InChI is InChI=1S/C17H20N2O2/c1-12-4-3-9-19(11-12)17(20)16-8-7-15(21-16)13-5-2-6-14(18)10-13/h2,5-8,10,12H,3-4,9,11,18H2,1H3/t12-/m0/s1. The highest BCUT2D eigenvalue weighted by atomic mass is 16.4. The zero-order chi connectivity index (χ0) is 14.8. The summed E-state index contributed by atoms with van der Waals surface area (Å²) in [5.74, 6) is 1.62. The molecule has 1 atom stereocenters. The van der Waals surface area contributed by atoms with Gasteiger partial charge in [0.05, 0.1) is 0 Å². The van der Waals surface area contributed by atoms with E-state index < -0.39 is 0 Å². The van der Waals surface area contributed by atoms with Crippen molar-refractivity contribution in [3.63, 3.8) is 0 Å². The number of anilines is 1. The van der Waals surface area contributed by atoms with Crippen molar-refractivity contribution in [1.82, 2.24) is 4.90 Å². The summed E-state index contributed by atoms with van der Waals surface area (Å²) in [5, 5.41) is 0. The first-order valence-corrected chi connectivity index (χ1v) is 7.38. The maximum absolute atomic E-state index is 12.5. The topological polar surface area (TPSA) is 59.5 Å². The van der Waals surface area contributed by atoms with E-state index in [1.54, 1.807) is 6.07 Å². The van der Waals surface area contributed by atoms with E-state index in [9.17, 15) is 4.79 Å². The van der Waals surface area contributed by atoms with Crippen LogP contribution in [0, 0.1) is 5.92 Å². The van der Waals surface area contributed by atoms with Crippen LogP contribution < -0.4 is 5.73 Å². The van der Waals surface area contributed by atoms with Gasteiger partial charge >= 0.3 is 0 Å². The number of piperidine rings is 1. The van der Waals surface area contributed by atoms with Gasteiger partial charge < -0.3 is 15.1 Å². The van der Waals surface area contributed by atoms with E-state index in [1.165, 1.54) is 6.42 Å². The van der Waals surface area contributed by atoms with Crippen molar-refractivity contribution in [2.24, 2.45) is 5.92 Å². The largest absolute Gasteiger partial charge is 0.451 e. The fraction of sp³-hybridized carbons (Fsp3) is 0.353. The number of nitrogens with zero attached hydrogens (tertiary/aromatic N) is 1. The lowest BCUT2D eigenvalue weighted by molar-refractivity contribution is 0.0652. The Kier molecular flexibility index (Phi) is 3.69. The molecular formula is C17H20N2O2. The van der Waals surface area contributed by atoms with Gasteiger partial charge in [0.1, 0.15) is 5.76 Å². The zero-order valence-electron chi connectivity index (χ0n) is 12.2. The highest BCUT2D eigenvalue weighted by molar-refractivity contribution is 5.92. The summed E-state index contributed by atoms with van der Waals surface area (Å²) in [7, 11) is 0. The zero-order valence-corrected chi connectivity index (χ0v) is 12.2. The summed E-state index contributed by atoms with van der Waals surface area (Å²) in [6.07, 6.45) is 2.26. The number of amides is 1. The molecule has 1 aliphatic heterocycles. The number of hydrogen-bond donors (Lipinski definition) is 1. The molecule has 21 heavy (non-hydrogen) atoms. The van der Waals surface area contributed by atoms with E-state index >= 15 is 0 Å². The summed E-state index contributed by atoms with van der Waals surface area (Å²) in [6, 6.07) is 11.0. The normalized spacial score (nSPS) is 18.7. The lowest BCUT2D eigenvalue weighted by Crippen LogP contribution is -2.38. The van der Waals surface area contributed by atoms with Crippen LogP contribution >= 0.6 is 0 Å². The van der Waals surface area contributed by atoms with Crippen molar-refractivity contribution in [1.29, 1.82) is 0 Å². The number of nitrogen functional groups attached to an aromatic ring is 1. The Morgan fingerprint density at radius 3 is 2.95 bits per heavy atom. The van der Waals surface area contributed by atoms with E-state index in [-0.39, 0.29) is 5.91 Å². The fourth-order valence-corrected chi connectivity index (χ4v) is 2.83. The van der Waals surface area contributed by atoms with Gasteiger partial charge in [0.25, 0.3) is 5.91 Å². The molecular weight excluding hydrogens is 264 g/mol. The Bertz CT molecular complexity index is 648. The Morgan fingerprint density at radius 1 is 1.33 bits per heavy atom. The number of benzene rings is 1. The van der Waals surface area contributed by atoms with Gasteiger partial charge in [-0.05, 0) is 43.0 Å². The number of hydrogen-bond acceptors (Lipinski definition) is 3. The van der Waals surface area contributed by atoms with Crippen LogP contribution in [0.3, 0.4) is 0 Å². The lowest BCUT2D eigenvalue weighted by Gasteiger charge is -2.30. The Balaban J connectivity index is 1.80. The molecule has 0 bridgehead atoms. The van der Waals surface area contributed by atoms with Gasteiger partial charge in [-0.15, -0.1) is 0 Å². The Morgan fingerprint density at radius 2 is 2.19 bits per heavy atom. The number of carbonyl (C=O) groups excluding carboxylic acids is 1. The van der Waals surface area contributed by atoms with Crippen LogP contribution in [0.5, 0.6) is 0 Å². The Labute approximate surface area is 124 Å². The number of carbonyl (C=O) groups is 1. The SMILES string of the molecule is C[C@H]1CCCN(C(=O)c2ccc(-c3cccc(N)c3)o2)C1. The molecule has 110 valence electrons. The molecule has 2 N–H and O–H groups in total. The predicted molar refractivity (Wildman–Crippen MR) is 82.9 cm³/mol. The minimum Gasteiger partial charge on any atom is -0.451 e. The monoisotopic (exact) mass is 284 g/mol. The van der Waals surface area contributed by atoms with Crippen LogP contribution in [0.15, 0.2) is 40.8 Å². The van der Waals surface area contributed by atoms with E-state index in [0.717, 1.165) is 25.1 Å². The molecule has 1 aromatic carbocycles. The van der Waals surface area contributed by atoms with Crippen molar-refractivity contribution in [3.05, 3.63) is 42.2 Å². The molecule has 1 aromatic heterocycles. The van der Waals surface area contributed by atoms with Crippen LogP contribution in [-0.2, 0) is 0 Å². The maximum Gasteiger partial charge on any atom is 0.289 e. The quantitative estimate of drug-likeness (QED) is 0.860. The second-order valence-corrected chi connectivity index (χ2v) is 5.79. The first-order chi connectivity index (χ1) is 10.1. The van der Waals surface area contributed by atoms with Gasteiger partial charge in [-0.25, -0.2) is 0 Å². The molecule has 2 heterocycles. The second kappa shape index (κ2) is 5.64. The third-order valence-corrected chi connectivity index (χ3v) is 3.93. The van der Waals surface area contributed by atoms with Crippen LogP contribution in [0.2, 0.25) is 0 Å². The highest BCUT2D eigenvalue weighted by Crippen LogP contribution is 2.25. The van der Waals surface area contributed by atoms with Gasteiger partial charge in [-0.1, -0.05) is 19.1 Å². The minimum absolute atomic E-state index is 0.0169. The number of likely N-dealkylation sites (tertiary alicyclic amines) is 1. The molecule has 1 amide bonds. The Hall–Kier alpha value is -2.23. The van der Waals surface area contributed by atoms with E-state index in [0.29, 0.717) is 23.1 Å². The fourth-order valence-electron chi connectivity index (χ4n) is 2.83. The molecule has 1 aliphatic rings. The van der Waals surface area contributed by atoms with Gasteiger partial charge in [0, 0.05) is 24.3 Å². The molecule has 3 rings (SSSR count). The average molecular weight is 284 g/mol. The minimum atomic E-state index is -0.0169. The molecule has 0 spiro atoms. The van der Waals surface area contributed by atoms with E-state index in [1.807, 2.05) is 35.2 Å². The third-order valence-electron chi connectivity index (χ3n) is 3.93. The number of nitrogens with two attached hydrogens (primary N) is 1. The lowest BCUT2D eigenvalue weighted by atomic mass is 10.0. The van der Waals surface area contributed by atoms with E-state index in [4.69, 9.17) is 10.2 Å². The molecule has 2 aromatic rings. The highest BCUT2D eigenvalue weighted by Gasteiger charge is 2.24. The maximum atomic E-state index is 12.5. The van der Waals surface area contributed by atoms with Gasteiger partial charge in [0.2, 0.25) is 0 Å². The van der Waals surface area contributed by atoms with Crippen molar-refractivity contribution in [2.75, 3.05) is 18.8 Å². The molecule has 0 aliphatic carbocycles. The van der Waals surface area contributed by atoms with Crippen molar-refractivity contribution in [3.8, 4) is 11.3 Å². The van der Waals surface area contributed by atoms with Crippen molar-refractivity contribution < 1.29 is 9.21 Å². The molecule has 1 saturated heterocycles. The smallest absolute Gasteiger partial charge is 0.289 e. The van der Waals surface area contributed by atoms with Crippen LogP contribution in [0.4, 0.5) is 5.69 Å². The number of furan rings is 1. The average Bonchev–Trinajstić information content (AvgIpc) is 2.96. The summed E-state index contributed by atoms with van der Waals surface area (Å²) < 4.78 is 5.73. The predicted octanol–water partition coefficient (Wildman–Crippen LogP) is 3.40. The first-order valence-electron chi connectivity index (χ1n) is 7.38. The summed E-state index contributed by atoms with van der Waals surface area (Å²) in [4.78, 5) is 14.3. The molecule has 0 saturated carbocycles. The van der Waals surface area contributed by atoms with Crippen molar-refractivity contribution in [2.45, 2.75) is 19.8 Å². The van der Waals surface area contributed by atoms with Gasteiger partial charge in [-0.3, -0.25) is 4.79 Å². The number of rotatable bonds is 2. The summed E-state index contributed by atoms with van der Waals surface area (Å²) in [5.41, 5.74) is 7.35. The van der Waals surface area contributed by atoms with Gasteiger partial charge in [0.15, 0.2) is 5.76 Å². The first kappa shape index (κ1) is 13.7.